The second-order valence-corrected chi connectivity index (χ2v) is 24.6. The molecule has 2 heteroatoms. The first-order valence-electron chi connectivity index (χ1n) is 25.6. The molecule has 0 spiro atoms. The molecule has 7 aromatic rings. The molecule has 2 heterocycles. The maximum Gasteiger partial charge on any atom is 0.247 e. The molecule has 0 saturated heterocycles. The van der Waals surface area contributed by atoms with Crippen LogP contribution in [0.4, 0.5) is 17.1 Å². The molecule has 0 radical (unpaired) electrons. The molecule has 3 unspecified atom stereocenters. The highest BCUT2D eigenvalue weighted by atomic mass is 15.2. The molecule has 11 rings (SSSR count). The standard InChI is InChI=1S/C66H70BN/c1-42-37-52-60-59-53(65(11)35-16-17-36-66(60,65)12)21-18-22-55(59)67-54-33-23-43(39-50(45-24-28-47(29-25-45)62(2,3)4)46-26-30-48(31-27-46)63(5,6)7)40-57(54)68(58(38-42)61(52)67)56-34-32-49(64(8,9)10)41-51(56)44-19-14-13-15-20-44/h13-15,18-34,37-41,60H,16-17,35-36H2,1-12H3. The van der Waals surface area contributed by atoms with E-state index in [2.05, 4.69) is 240 Å². The summed E-state index contributed by atoms with van der Waals surface area (Å²) in [5.41, 5.74) is 26.2. The third-order valence-electron chi connectivity index (χ3n) is 17.3. The van der Waals surface area contributed by atoms with E-state index in [1.807, 2.05) is 0 Å². The van der Waals surface area contributed by atoms with E-state index < -0.39 is 0 Å². The number of aryl methyl sites for hydroxylation is 1. The van der Waals surface area contributed by atoms with Crippen LogP contribution in [0.15, 0.2) is 146 Å². The van der Waals surface area contributed by atoms with Crippen LogP contribution in [0, 0.1) is 12.3 Å². The Hall–Kier alpha value is -5.86. The minimum atomic E-state index is -0.00796. The normalized spacial score (nSPS) is 20.3. The molecule has 2 aliphatic heterocycles. The lowest BCUT2D eigenvalue weighted by atomic mass is 9.30. The zero-order valence-corrected chi connectivity index (χ0v) is 42.9. The molecule has 0 amide bonds. The van der Waals surface area contributed by atoms with Gasteiger partial charge in [0, 0.05) is 22.9 Å². The van der Waals surface area contributed by atoms with Gasteiger partial charge in [-0.15, -0.1) is 0 Å². The monoisotopic (exact) mass is 888 g/mol. The first-order chi connectivity index (χ1) is 32.3. The average molecular weight is 888 g/mol. The van der Waals surface area contributed by atoms with E-state index >= 15 is 0 Å². The second kappa shape index (κ2) is 15.6. The van der Waals surface area contributed by atoms with Crippen molar-refractivity contribution in [3.8, 4) is 11.1 Å². The lowest BCUT2D eigenvalue weighted by Gasteiger charge is -2.51. The van der Waals surface area contributed by atoms with E-state index in [-0.39, 0.29) is 33.8 Å². The Morgan fingerprint density at radius 1 is 0.574 bits per heavy atom. The quantitative estimate of drug-likeness (QED) is 0.123. The lowest BCUT2D eigenvalue weighted by Crippen LogP contribution is -2.62. The first kappa shape index (κ1) is 44.6. The predicted molar refractivity (Wildman–Crippen MR) is 294 cm³/mol. The maximum atomic E-state index is 2.69. The zero-order valence-electron chi connectivity index (χ0n) is 42.9. The van der Waals surface area contributed by atoms with Gasteiger partial charge in [-0.05, 0) is 155 Å². The molecule has 1 nitrogen and oxygen atoms in total. The first-order valence-corrected chi connectivity index (χ1v) is 25.6. The van der Waals surface area contributed by atoms with Gasteiger partial charge in [0.25, 0.3) is 0 Å². The van der Waals surface area contributed by atoms with Gasteiger partial charge in [0.1, 0.15) is 0 Å². The highest BCUT2D eigenvalue weighted by molar-refractivity contribution is 6.99. The summed E-state index contributed by atoms with van der Waals surface area (Å²) < 4.78 is 0. The third-order valence-corrected chi connectivity index (χ3v) is 17.3. The Bertz CT molecular complexity index is 3090. The van der Waals surface area contributed by atoms with Crippen LogP contribution < -0.4 is 21.3 Å². The molecular weight excluding hydrogens is 818 g/mol. The topological polar surface area (TPSA) is 3.24 Å². The van der Waals surface area contributed by atoms with Crippen molar-refractivity contribution in [2.24, 2.45) is 5.41 Å². The fraction of sp³-hybridized carbons (Fsp3) is 0.333. The molecule has 1 saturated carbocycles. The van der Waals surface area contributed by atoms with Crippen molar-refractivity contribution in [2.75, 3.05) is 4.90 Å². The summed E-state index contributed by atoms with van der Waals surface area (Å²) in [4.78, 5) is 2.69. The van der Waals surface area contributed by atoms with Crippen LogP contribution in [0.2, 0.25) is 0 Å². The Balaban J connectivity index is 1.19. The molecule has 7 aromatic carbocycles. The summed E-state index contributed by atoms with van der Waals surface area (Å²) in [6.45, 7) is 28.6. The van der Waals surface area contributed by atoms with Crippen LogP contribution in [-0.2, 0) is 21.7 Å². The largest absolute Gasteiger partial charge is 0.311 e. The molecule has 342 valence electrons. The van der Waals surface area contributed by atoms with Gasteiger partial charge in [-0.1, -0.05) is 216 Å². The highest BCUT2D eigenvalue weighted by Gasteiger charge is 2.62. The number of rotatable bonds is 5. The molecule has 4 aliphatic rings. The predicted octanol–water partition coefficient (Wildman–Crippen LogP) is 15.7. The second-order valence-electron chi connectivity index (χ2n) is 24.6. The number of hydrogen-bond acceptors (Lipinski definition) is 1. The van der Waals surface area contributed by atoms with Crippen LogP contribution in [0.1, 0.15) is 163 Å². The Morgan fingerprint density at radius 2 is 1.19 bits per heavy atom. The minimum Gasteiger partial charge on any atom is -0.311 e. The smallest absolute Gasteiger partial charge is 0.247 e. The molecule has 0 bridgehead atoms. The fourth-order valence-corrected chi connectivity index (χ4v) is 13.2. The number of hydrogen-bond donors (Lipinski definition) is 0. The van der Waals surface area contributed by atoms with Crippen molar-refractivity contribution in [3.05, 3.63) is 201 Å². The van der Waals surface area contributed by atoms with E-state index in [0.717, 1.165) is 0 Å². The van der Waals surface area contributed by atoms with Crippen molar-refractivity contribution in [1.29, 1.82) is 0 Å². The molecular formula is C66H70BN. The summed E-state index contributed by atoms with van der Waals surface area (Å²) in [6, 6.07) is 57.1. The van der Waals surface area contributed by atoms with Crippen LogP contribution in [0.5, 0.6) is 0 Å². The van der Waals surface area contributed by atoms with E-state index in [0.29, 0.717) is 5.92 Å². The van der Waals surface area contributed by atoms with Crippen LogP contribution in [0.25, 0.3) is 22.8 Å². The zero-order chi connectivity index (χ0) is 47.7. The highest BCUT2D eigenvalue weighted by Crippen LogP contribution is 2.67. The fourth-order valence-electron chi connectivity index (χ4n) is 13.2. The Morgan fingerprint density at radius 3 is 1.82 bits per heavy atom. The summed E-state index contributed by atoms with van der Waals surface area (Å²) in [5.74, 6) is 0.364. The summed E-state index contributed by atoms with van der Waals surface area (Å²) in [7, 11) is 0. The number of nitrogens with zero attached hydrogens (tertiary/aromatic N) is 1. The lowest BCUT2D eigenvalue weighted by molar-refractivity contribution is 0.0926. The van der Waals surface area contributed by atoms with Gasteiger partial charge in [-0.2, -0.15) is 0 Å². The molecule has 3 atom stereocenters. The van der Waals surface area contributed by atoms with Crippen molar-refractivity contribution in [1.82, 2.24) is 0 Å². The number of benzene rings is 7. The SMILES string of the molecule is Cc1cc2c3c(c1)N(c1ccc(C(C)(C)C)cc1-c1ccccc1)c1cc(C=C(c4ccc(C(C)(C)C)cc4)c4ccc(C(C)(C)C)cc4)ccc1B3c1cccc3c1C2C1(C)CCCCC31C. The number of anilines is 3. The van der Waals surface area contributed by atoms with E-state index in [9.17, 15) is 0 Å². The average Bonchev–Trinajstić information content (AvgIpc) is 3.52. The van der Waals surface area contributed by atoms with Crippen molar-refractivity contribution in [2.45, 2.75) is 136 Å². The molecule has 0 aromatic heterocycles. The van der Waals surface area contributed by atoms with Crippen LogP contribution >= 0.6 is 0 Å². The van der Waals surface area contributed by atoms with Gasteiger partial charge in [0.05, 0.1) is 5.69 Å². The van der Waals surface area contributed by atoms with Crippen molar-refractivity contribution >= 4 is 51.8 Å². The van der Waals surface area contributed by atoms with Crippen molar-refractivity contribution < 1.29 is 0 Å². The van der Waals surface area contributed by atoms with Crippen LogP contribution in [-0.4, -0.2) is 6.71 Å². The third kappa shape index (κ3) is 6.94. The summed E-state index contributed by atoms with van der Waals surface area (Å²) >= 11 is 0. The Labute approximate surface area is 408 Å². The van der Waals surface area contributed by atoms with Crippen molar-refractivity contribution in [3.63, 3.8) is 0 Å². The molecule has 68 heavy (non-hydrogen) atoms. The van der Waals surface area contributed by atoms with Gasteiger partial charge in [-0.3, -0.25) is 0 Å². The summed E-state index contributed by atoms with van der Waals surface area (Å²) in [5, 5.41) is 0. The van der Waals surface area contributed by atoms with Gasteiger partial charge < -0.3 is 4.90 Å². The van der Waals surface area contributed by atoms with Gasteiger partial charge in [0.2, 0.25) is 6.71 Å². The van der Waals surface area contributed by atoms with Gasteiger partial charge >= 0.3 is 0 Å². The summed E-state index contributed by atoms with van der Waals surface area (Å²) in [6.07, 6.45) is 7.59. The van der Waals surface area contributed by atoms with E-state index in [1.165, 1.54) is 115 Å². The maximum absolute atomic E-state index is 2.69. The molecule has 1 fully saturated rings. The molecule has 0 N–H and O–H groups in total. The number of fused-ring (bicyclic) bond motifs is 7. The van der Waals surface area contributed by atoms with Gasteiger partial charge in [0.15, 0.2) is 0 Å². The Kier molecular flexibility index (Phi) is 10.2. The molecule has 2 aliphatic carbocycles. The van der Waals surface area contributed by atoms with Gasteiger partial charge in [-0.25, -0.2) is 0 Å². The van der Waals surface area contributed by atoms with E-state index in [1.54, 1.807) is 16.7 Å². The van der Waals surface area contributed by atoms with Crippen LogP contribution in [0.3, 0.4) is 0 Å². The van der Waals surface area contributed by atoms with E-state index in [4.69, 9.17) is 0 Å². The minimum absolute atomic E-state index is 0.00796.